The molecular formula is C9H17NO7. The molecule has 0 unspecified atom stereocenters. The van der Waals surface area contributed by atoms with E-state index in [2.05, 4.69) is 5.48 Å². The zero-order valence-corrected chi connectivity index (χ0v) is 9.39. The van der Waals surface area contributed by atoms with Gasteiger partial charge < -0.3 is 19.7 Å². The van der Waals surface area contributed by atoms with Gasteiger partial charge in [-0.2, -0.15) is 0 Å². The summed E-state index contributed by atoms with van der Waals surface area (Å²) in [7, 11) is 0. The van der Waals surface area contributed by atoms with Crippen LogP contribution in [0, 0.1) is 0 Å². The molecule has 0 bridgehead atoms. The molecular weight excluding hydrogens is 234 g/mol. The number of rotatable bonds is 12. The Hall–Kier alpha value is -1.22. The third-order valence-corrected chi connectivity index (χ3v) is 1.47. The third-order valence-electron chi connectivity index (χ3n) is 1.47. The van der Waals surface area contributed by atoms with E-state index in [1.807, 2.05) is 0 Å². The number of nitrogens with one attached hydrogen (secondary N) is 1. The Morgan fingerprint density at radius 2 is 1.59 bits per heavy atom. The highest BCUT2D eigenvalue weighted by Crippen LogP contribution is 1.80. The number of hydrogen-bond acceptors (Lipinski definition) is 6. The Bertz CT molecular complexity index is 199. The maximum absolute atomic E-state index is 10.1. The van der Waals surface area contributed by atoms with E-state index in [-0.39, 0.29) is 39.4 Å². The lowest BCUT2D eigenvalue weighted by molar-refractivity contribution is -0.142. The van der Waals surface area contributed by atoms with Crippen molar-refractivity contribution >= 4 is 11.9 Å². The van der Waals surface area contributed by atoms with E-state index in [1.54, 1.807) is 0 Å². The lowest BCUT2D eigenvalue weighted by Crippen LogP contribution is -2.21. The van der Waals surface area contributed by atoms with Crippen LogP contribution in [0.5, 0.6) is 0 Å². The topological polar surface area (TPSA) is 114 Å². The molecule has 100 valence electrons. The highest BCUT2D eigenvalue weighted by atomic mass is 16.7. The van der Waals surface area contributed by atoms with Crippen LogP contribution < -0.4 is 5.48 Å². The lowest BCUT2D eigenvalue weighted by atomic mass is 10.4. The molecule has 0 fully saturated rings. The fraction of sp³-hybridized carbons (Fsp3) is 0.778. The number of hydrogen-bond donors (Lipinski definition) is 3. The summed E-state index contributed by atoms with van der Waals surface area (Å²) in [5.74, 6) is -1.91. The lowest BCUT2D eigenvalue weighted by Gasteiger charge is -2.05. The van der Waals surface area contributed by atoms with Crippen LogP contribution in [0.4, 0.5) is 0 Å². The van der Waals surface area contributed by atoms with Crippen LogP contribution in [-0.2, 0) is 23.9 Å². The van der Waals surface area contributed by atoms with Crippen LogP contribution >= 0.6 is 0 Å². The van der Waals surface area contributed by atoms with E-state index in [1.165, 1.54) is 0 Å². The van der Waals surface area contributed by atoms with Gasteiger partial charge >= 0.3 is 11.9 Å². The van der Waals surface area contributed by atoms with E-state index in [0.717, 1.165) is 0 Å². The van der Waals surface area contributed by atoms with Crippen molar-refractivity contribution in [1.29, 1.82) is 0 Å². The van der Waals surface area contributed by atoms with Crippen molar-refractivity contribution in [3.05, 3.63) is 0 Å². The smallest absolute Gasteiger partial charge is 0.329 e. The maximum atomic E-state index is 10.1. The second kappa shape index (κ2) is 11.3. The molecule has 0 heterocycles. The van der Waals surface area contributed by atoms with Gasteiger partial charge in [0.25, 0.3) is 0 Å². The Kier molecular flexibility index (Phi) is 10.5. The molecule has 0 aromatic heterocycles. The van der Waals surface area contributed by atoms with Gasteiger partial charge in [0.15, 0.2) is 0 Å². The Morgan fingerprint density at radius 3 is 2.24 bits per heavy atom. The SMILES string of the molecule is O=C(O)CCNOCCOCCOCC(=O)O. The minimum atomic E-state index is -1.02. The molecule has 0 spiro atoms. The molecule has 0 rings (SSSR count). The minimum Gasteiger partial charge on any atom is -0.481 e. The van der Waals surface area contributed by atoms with Gasteiger partial charge in [-0.1, -0.05) is 0 Å². The van der Waals surface area contributed by atoms with Crippen molar-refractivity contribution in [2.75, 3.05) is 39.6 Å². The Morgan fingerprint density at radius 1 is 0.941 bits per heavy atom. The van der Waals surface area contributed by atoms with Gasteiger partial charge in [0.05, 0.1) is 32.8 Å². The van der Waals surface area contributed by atoms with Crippen LogP contribution in [0.2, 0.25) is 0 Å². The van der Waals surface area contributed by atoms with E-state index in [4.69, 9.17) is 24.5 Å². The average molecular weight is 251 g/mol. The zero-order valence-electron chi connectivity index (χ0n) is 9.39. The van der Waals surface area contributed by atoms with Crippen LogP contribution in [-0.4, -0.2) is 61.7 Å². The normalized spacial score (nSPS) is 10.4. The predicted molar refractivity (Wildman–Crippen MR) is 55.5 cm³/mol. The number of ether oxygens (including phenoxy) is 2. The fourth-order valence-electron chi connectivity index (χ4n) is 0.782. The Labute approximate surface area is 98.4 Å². The first-order chi connectivity index (χ1) is 8.13. The summed E-state index contributed by atoms with van der Waals surface area (Å²) in [6.07, 6.45) is -0.0100. The summed E-state index contributed by atoms with van der Waals surface area (Å²) in [6.45, 7) is 0.979. The molecule has 0 aromatic carbocycles. The van der Waals surface area contributed by atoms with Gasteiger partial charge in [0.2, 0.25) is 0 Å². The first kappa shape index (κ1) is 15.8. The van der Waals surface area contributed by atoms with Crippen molar-refractivity contribution < 1.29 is 34.1 Å². The molecule has 8 heteroatoms. The number of carbonyl (C=O) groups is 2. The molecule has 0 aliphatic heterocycles. The summed E-state index contributed by atoms with van der Waals surface area (Å²) in [6, 6.07) is 0. The zero-order chi connectivity index (χ0) is 12.9. The van der Waals surface area contributed by atoms with Crippen molar-refractivity contribution in [2.45, 2.75) is 6.42 Å². The molecule has 0 saturated carbocycles. The fourth-order valence-corrected chi connectivity index (χ4v) is 0.782. The van der Waals surface area contributed by atoms with Gasteiger partial charge in [-0.3, -0.25) is 9.63 Å². The predicted octanol–water partition coefficient (Wildman–Crippen LogP) is -0.900. The number of hydroxylamine groups is 1. The van der Waals surface area contributed by atoms with Crippen molar-refractivity contribution in [1.82, 2.24) is 5.48 Å². The monoisotopic (exact) mass is 251 g/mol. The standard InChI is InChI=1S/C9H17NO7/c11-8(12)1-2-10-17-6-5-15-3-4-16-7-9(13)14/h10H,1-7H2,(H,11,12)(H,13,14). The molecule has 0 aromatic rings. The van der Waals surface area contributed by atoms with E-state index < -0.39 is 11.9 Å². The van der Waals surface area contributed by atoms with Gasteiger partial charge in [0.1, 0.15) is 6.61 Å². The van der Waals surface area contributed by atoms with Crippen LogP contribution in [0.1, 0.15) is 6.42 Å². The van der Waals surface area contributed by atoms with Gasteiger partial charge in [-0.25, -0.2) is 10.3 Å². The molecule has 8 nitrogen and oxygen atoms in total. The van der Waals surface area contributed by atoms with Crippen molar-refractivity contribution in [3.8, 4) is 0 Å². The van der Waals surface area contributed by atoms with Gasteiger partial charge in [-0.15, -0.1) is 0 Å². The Balaban J connectivity index is 2.98. The first-order valence-corrected chi connectivity index (χ1v) is 5.06. The number of aliphatic carboxylic acids is 2. The maximum Gasteiger partial charge on any atom is 0.329 e. The largest absolute Gasteiger partial charge is 0.481 e. The summed E-state index contributed by atoms with van der Waals surface area (Å²) in [5.41, 5.74) is 2.46. The molecule has 0 atom stereocenters. The van der Waals surface area contributed by atoms with E-state index in [9.17, 15) is 9.59 Å². The van der Waals surface area contributed by atoms with Crippen LogP contribution in [0.25, 0.3) is 0 Å². The van der Waals surface area contributed by atoms with Crippen LogP contribution in [0.15, 0.2) is 0 Å². The molecule has 17 heavy (non-hydrogen) atoms. The highest BCUT2D eigenvalue weighted by molar-refractivity contribution is 5.68. The highest BCUT2D eigenvalue weighted by Gasteiger charge is 1.97. The first-order valence-electron chi connectivity index (χ1n) is 5.06. The average Bonchev–Trinajstić information content (AvgIpc) is 2.25. The van der Waals surface area contributed by atoms with Gasteiger partial charge in [-0.05, 0) is 0 Å². The quantitative estimate of drug-likeness (QED) is 0.302. The minimum absolute atomic E-state index is 0.0100. The van der Waals surface area contributed by atoms with Crippen molar-refractivity contribution in [3.63, 3.8) is 0 Å². The second-order valence-corrected chi connectivity index (χ2v) is 2.95. The van der Waals surface area contributed by atoms with E-state index >= 15 is 0 Å². The molecule has 0 aliphatic carbocycles. The second-order valence-electron chi connectivity index (χ2n) is 2.95. The summed E-state index contributed by atoms with van der Waals surface area (Å²) < 4.78 is 9.76. The van der Waals surface area contributed by atoms with Gasteiger partial charge in [0, 0.05) is 6.54 Å². The molecule has 0 aliphatic rings. The molecule has 0 saturated heterocycles. The number of carboxylic acid groups (broad SMARTS) is 2. The summed E-state index contributed by atoms with van der Waals surface area (Å²) in [4.78, 5) is 25.0. The molecule has 3 N–H and O–H groups in total. The third kappa shape index (κ3) is 14.8. The molecule has 0 amide bonds. The van der Waals surface area contributed by atoms with E-state index in [0.29, 0.717) is 6.61 Å². The van der Waals surface area contributed by atoms with Crippen LogP contribution in [0.3, 0.4) is 0 Å². The summed E-state index contributed by atoms with van der Waals surface area (Å²) in [5, 5.41) is 16.5. The van der Waals surface area contributed by atoms with Crippen molar-refractivity contribution in [2.24, 2.45) is 0 Å². The summed E-state index contributed by atoms with van der Waals surface area (Å²) >= 11 is 0. The molecule has 0 radical (unpaired) electrons. The number of carboxylic acids is 2.